The van der Waals surface area contributed by atoms with Gasteiger partial charge in [0.25, 0.3) is 0 Å². The molecule has 2 rings (SSSR count). The van der Waals surface area contributed by atoms with Crippen LogP contribution in [0, 0.1) is 0 Å². The molecule has 0 radical (unpaired) electrons. The minimum atomic E-state index is -0.437. The van der Waals surface area contributed by atoms with Gasteiger partial charge in [-0.25, -0.2) is 4.79 Å². The number of amides is 1. The van der Waals surface area contributed by atoms with Crippen molar-refractivity contribution in [3.63, 3.8) is 0 Å². The first kappa shape index (κ1) is 13.5. The number of rotatable bonds is 4. The number of Topliss-reactive ketones (excluding diaryl/α,β-unsaturated/α-hetero) is 1. The monoisotopic (exact) mass is 262 g/mol. The van der Waals surface area contributed by atoms with Crippen LogP contribution in [0.2, 0.25) is 0 Å². The van der Waals surface area contributed by atoms with E-state index in [1.54, 1.807) is 0 Å². The molecule has 0 saturated carbocycles. The standard InChI is InChI=1S/C14H18N2O3/c15-9-13(17)12-7-4-8-16(12)14(18)19-10-11-5-2-1-3-6-11/h1-3,5-6,12H,4,7-10,15H2/t12-/m0/s1. The van der Waals surface area contributed by atoms with E-state index in [-0.39, 0.29) is 18.9 Å². The molecule has 102 valence electrons. The molecule has 19 heavy (non-hydrogen) atoms. The summed E-state index contributed by atoms with van der Waals surface area (Å²) in [7, 11) is 0. The summed E-state index contributed by atoms with van der Waals surface area (Å²) in [4.78, 5) is 25.1. The Morgan fingerprint density at radius 2 is 2.05 bits per heavy atom. The maximum atomic E-state index is 12.0. The van der Waals surface area contributed by atoms with E-state index >= 15 is 0 Å². The van der Waals surface area contributed by atoms with Crippen LogP contribution in [0.25, 0.3) is 0 Å². The molecule has 5 nitrogen and oxygen atoms in total. The first-order chi connectivity index (χ1) is 9.22. The topological polar surface area (TPSA) is 72.6 Å². The van der Waals surface area contributed by atoms with Crippen LogP contribution in [0.5, 0.6) is 0 Å². The summed E-state index contributed by atoms with van der Waals surface area (Å²) in [6, 6.07) is 9.05. The molecule has 0 unspecified atom stereocenters. The molecule has 0 aliphatic carbocycles. The maximum Gasteiger partial charge on any atom is 0.410 e. The lowest BCUT2D eigenvalue weighted by molar-refractivity contribution is -0.121. The summed E-state index contributed by atoms with van der Waals surface area (Å²) >= 11 is 0. The van der Waals surface area contributed by atoms with E-state index in [9.17, 15) is 9.59 Å². The number of nitrogens with zero attached hydrogens (tertiary/aromatic N) is 1. The SMILES string of the molecule is NCC(=O)[C@@H]1CCCN1C(=O)OCc1ccccc1. The van der Waals surface area contributed by atoms with Crippen molar-refractivity contribution in [2.45, 2.75) is 25.5 Å². The predicted molar refractivity (Wildman–Crippen MR) is 70.4 cm³/mol. The van der Waals surface area contributed by atoms with Gasteiger partial charge < -0.3 is 10.5 Å². The van der Waals surface area contributed by atoms with Crippen LogP contribution in [-0.2, 0) is 16.1 Å². The van der Waals surface area contributed by atoms with E-state index in [0.717, 1.165) is 12.0 Å². The van der Waals surface area contributed by atoms with Gasteiger partial charge in [-0.3, -0.25) is 9.69 Å². The number of hydrogen-bond donors (Lipinski definition) is 1. The normalized spacial score (nSPS) is 18.4. The number of likely N-dealkylation sites (tertiary alicyclic amines) is 1. The highest BCUT2D eigenvalue weighted by Gasteiger charge is 2.34. The lowest BCUT2D eigenvalue weighted by atomic mass is 10.1. The fourth-order valence-corrected chi connectivity index (χ4v) is 2.26. The molecule has 1 aliphatic rings. The number of carbonyl (C=O) groups is 2. The van der Waals surface area contributed by atoms with Crippen molar-refractivity contribution in [1.82, 2.24) is 4.90 Å². The number of ketones is 1. The summed E-state index contributed by atoms with van der Waals surface area (Å²) < 4.78 is 5.23. The maximum absolute atomic E-state index is 12.0. The van der Waals surface area contributed by atoms with Crippen LogP contribution in [0.3, 0.4) is 0 Å². The molecule has 1 fully saturated rings. The largest absolute Gasteiger partial charge is 0.445 e. The number of hydrogen-bond acceptors (Lipinski definition) is 4. The third kappa shape index (κ3) is 3.32. The Bertz CT molecular complexity index is 447. The number of nitrogens with two attached hydrogens (primary N) is 1. The number of ether oxygens (including phenoxy) is 1. The fourth-order valence-electron chi connectivity index (χ4n) is 2.26. The van der Waals surface area contributed by atoms with Crippen LogP contribution < -0.4 is 5.73 Å². The molecule has 0 spiro atoms. The van der Waals surface area contributed by atoms with Gasteiger partial charge in [-0.1, -0.05) is 30.3 Å². The summed E-state index contributed by atoms with van der Waals surface area (Å²) in [5.41, 5.74) is 6.28. The van der Waals surface area contributed by atoms with E-state index in [0.29, 0.717) is 13.0 Å². The molecule has 1 aromatic carbocycles. The lowest BCUT2D eigenvalue weighted by Crippen LogP contribution is -2.43. The smallest absolute Gasteiger partial charge is 0.410 e. The predicted octanol–water partition coefficient (Wildman–Crippen LogP) is 1.32. The molecule has 1 aromatic rings. The molecule has 1 heterocycles. The van der Waals surface area contributed by atoms with Crippen LogP contribution in [0.4, 0.5) is 4.79 Å². The van der Waals surface area contributed by atoms with Crippen LogP contribution >= 0.6 is 0 Å². The fraction of sp³-hybridized carbons (Fsp3) is 0.429. The Labute approximate surface area is 112 Å². The molecule has 0 bridgehead atoms. The molecule has 0 aromatic heterocycles. The van der Waals surface area contributed by atoms with Crippen molar-refractivity contribution in [1.29, 1.82) is 0 Å². The molecule has 1 aliphatic heterocycles. The minimum absolute atomic E-state index is 0.0346. The van der Waals surface area contributed by atoms with Crippen LogP contribution in [-0.4, -0.2) is 35.9 Å². The summed E-state index contributed by atoms with van der Waals surface area (Å²) in [6.45, 7) is 0.747. The van der Waals surface area contributed by atoms with E-state index in [4.69, 9.17) is 10.5 Å². The average molecular weight is 262 g/mol. The highest BCUT2D eigenvalue weighted by atomic mass is 16.6. The highest BCUT2D eigenvalue weighted by molar-refractivity contribution is 5.89. The zero-order valence-electron chi connectivity index (χ0n) is 10.7. The van der Waals surface area contributed by atoms with E-state index in [2.05, 4.69) is 0 Å². The van der Waals surface area contributed by atoms with E-state index < -0.39 is 12.1 Å². The third-order valence-corrected chi connectivity index (χ3v) is 3.27. The molecular formula is C14H18N2O3. The minimum Gasteiger partial charge on any atom is -0.445 e. The summed E-state index contributed by atoms with van der Waals surface area (Å²) in [6.07, 6.45) is 1.06. The van der Waals surface area contributed by atoms with Crippen molar-refractivity contribution in [3.05, 3.63) is 35.9 Å². The first-order valence-corrected chi connectivity index (χ1v) is 6.42. The van der Waals surface area contributed by atoms with Gasteiger partial charge >= 0.3 is 6.09 Å². The molecule has 1 amide bonds. The molecule has 1 atom stereocenters. The Balaban J connectivity index is 1.90. The van der Waals surface area contributed by atoms with Gasteiger partial charge in [-0.05, 0) is 18.4 Å². The second kappa shape index (κ2) is 6.33. The van der Waals surface area contributed by atoms with Crippen molar-refractivity contribution in [2.75, 3.05) is 13.1 Å². The Morgan fingerprint density at radius 3 is 2.74 bits per heavy atom. The molecular weight excluding hydrogens is 244 g/mol. The quantitative estimate of drug-likeness (QED) is 0.888. The Morgan fingerprint density at radius 1 is 1.32 bits per heavy atom. The first-order valence-electron chi connectivity index (χ1n) is 6.42. The van der Waals surface area contributed by atoms with Gasteiger partial charge in [0.2, 0.25) is 0 Å². The zero-order valence-corrected chi connectivity index (χ0v) is 10.7. The summed E-state index contributed by atoms with van der Waals surface area (Å²) in [5.74, 6) is -0.103. The second-order valence-corrected chi connectivity index (χ2v) is 4.56. The van der Waals surface area contributed by atoms with Gasteiger partial charge in [-0.15, -0.1) is 0 Å². The van der Waals surface area contributed by atoms with Crippen LogP contribution in [0.15, 0.2) is 30.3 Å². The molecule has 2 N–H and O–H groups in total. The summed E-state index contributed by atoms with van der Waals surface area (Å²) in [5, 5.41) is 0. The average Bonchev–Trinajstić information content (AvgIpc) is 2.94. The van der Waals surface area contributed by atoms with Gasteiger partial charge in [0.05, 0.1) is 12.6 Å². The lowest BCUT2D eigenvalue weighted by Gasteiger charge is -2.22. The van der Waals surface area contributed by atoms with E-state index in [1.165, 1.54) is 4.90 Å². The molecule has 1 saturated heterocycles. The van der Waals surface area contributed by atoms with Gasteiger partial charge in [-0.2, -0.15) is 0 Å². The van der Waals surface area contributed by atoms with Crippen LogP contribution in [0.1, 0.15) is 18.4 Å². The Hall–Kier alpha value is -1.88. The number of carbonyl (C=O) groups excluding carboxylic acids is 2. The van der Waals surface area contributed by atoms with Gasteiger partial charge in [0.15, 0.2) is 5.78 Å². The Kier molecular flexibility index (Phi) is 4.52. The van der Waals surface area contributed by atoms with E-state index in [1.807, 2.05) is 30.3 Å². The second-order valence-electron chi connectivity index (χ2n) is 4.56. The van der Waals surface area contributed by atoms with Crippen molar-refractivity contribution in [2.24, 2.45) is 5.73 Å². The van der Waals surface area contributed by atoms with Gasteiger partial charge in [0, 0.05) is 6.54 Å². The van der Waals surface area contributed by atoms with Gasteiger partial charge in [0.1, 0.15) is 6.61 Å². The van der Waals surface area contributed by atoms with Crippen molar-refractivity contribution >= 4 is 11.9 Å². The van der Waals surface area contributed by atoms with Crippen molar-refractivity contribution in [3.8, 4) is 0 Å². The highest BCUT2D eigenvalue weighted by Crippen LogP contribution is 2.19. The van der Waals surface area contributed by atoms with Crippen molar-refractivity contribution < 1.29 is 14.3 Å². The zero-order chi connectivity index (χ0) is 13.7. The molecule has 5 heteroatoms. The third-order valence-electron chi connectivity index (χ3n) is 3.27. The number of benzene rings is 1.